The topological polar surface area (TPSA) is 92.4 Å². The number of nitrogens with one attached hydrogen (secondary N) is 1. The third kappa shape index (κ3) is 3.21. The maximum atomic E-state index is 12.0. The third-order valence-corrected chi connectivity index (χ3v) is 3.21. The van der Waals surface area contributed by atoms with E-state index in [1.54, 1.807) is 13.0 Å². The van der Waals surface area contributed by atoms with Gasteiger partial charge in [-0.15, -0.1) is 0 Å². The summed E-state index contributed by atoms with van der Waals surface area (Å²) in [6, 6.07) is 1.73. The first-order valence-electron chi connectivity index (χ1n) is 6.15. The van der Waals surface area contributed by atoms with Crippen LogP contribution in [0.4, 0.5) is 0 Å². The highest BCUT2D eigenvalue weighted by Gasteiger charge is 2.33. The van der Waals surface area contributed by atoms with E-state index in [1.807, 2.05) is 12.2 Å². The number of hydrogen-bond acceptors (Lipinski definition) is 4. The number of aromatic nitrogens is 1. The fourth-order valence-electron chi connectivity index (χ4n) is 2.19. The number of hydrogen-bond donors (Lipinski definition) is 2. The molecule has 0 spiro atoms. The van der Waals surface area contributed by atoms with Crippen molar-refractivity contribution in [2.75, 3.05) is 0 Å². The predicted octanol–water partition coefficient (Wildman–Crippen LogP) is 1.27. The largest absolute Gasteiger partial charge is 0.481 e. The molecule has 1 aliphatic carbocycles. The first kappa shape index (κ1) is 13.3. The Morgan fingerprint density at radius 3 is 2.68 bits per heavy atom. The van der Waals surface area contributed by atoms with Crippen molar-refractivity contribution in [3.8, 4) is 0 Å². The predicted molar refractivity (Wildman–Crippen MR) is 66.1 cm³/mol. The molecular formula is C13H16N2O4. The molecule has 1 aromatic rings. The van der Waals surface area contributed by atoms with Crippen molar-refractivity contribution in [1.82, 2.24) is 10.5 Å². The summed E-state index contributed by atoms with van der Waals surface area (Å²) in [6.45, 7) is 2.02. The van der Waals surface area contributed by atoms with Gasteiger partial charge in [0.05, 0.1) is 18.4 Å². The normalized spacial score (nSPS) is 22.2. The summed E-state index contributed by atoms with van der Waals surface area (Å²) < 4.78 is 4.90. The maximum Gasteiger partial charge on any atom is 0.307 e. The van der Waals surface area contributed by atoms with Gasteiger partial charge in [0.15, 0.2) is 0 Å². The van der Waals surface area contributed by atoms with Crippen molar-refractivity contribution in [1.29, 1.82) is 0 Å². The minimum Gasteiger partial charge on any atom is -0.481 e. The zero-order chi connectivity index (χ0) is 13.8. The third-order valence-electron chi connectivity index (χ3n) is 3.21. The Morgan fingerprint density at radius 1 is 1.42 bits per heavy atom. The number of carbonyl (C=O) groups excluding carboxylic acids is 1. The Bertz CT molecular complexity index is 506. The lowest BCUT2D eigenvalue weighted by Gasteiger charge is -2.23. The Kier molecular flexibility index (Phi) is 3.99. The molecule has 6 nitrogen and oxygen atoms in total. The standard InChI is InChI=1S/C13H16N2O4/c1-8-6-9(15-19-8)7-14-12(16)10-4-2-3-5-11(10)13(17)18/h2-3,6,10-11H,4-5,7H2,1H3,(H,14,16)(H,17,18). The summed E-state index contributed by atoms with van der Waals surface area (Å²) >= 11 is 0. The van der Waals surface area contributed by atoms with E-state index in [9.17, 15) is 9.59 Å². The van der Waals surface area contributed by atoms with Gasteiger partial charge in [0.1, 0.15) is 11.5 Å². The van der Waals surface area contributed by atoms with E-state index in [1.165, 1.54) is 0 Å². The number of rotatable bonds is 4. The van der Waals surface area contributed by atoms with Crippen molar-refractivity contribution in [2.24, 2.45) is 11.8 Å². The Hall–Kier alpha value is -2.11. The monoisotopic (exact) mass is 264 g/mol. The number of nitrogens with zero attached hydrogens (tertiary/aromatic N) is 1. The molecule has 19 heavy (non-hydrogen) atoms. The summed E-state index contributed by atoms with van der Waals surface area (Å²) in [6.07, 6.45) is 4.52. The minimum absolute atomic E-state index is 0.252. The van der Waals surface area contributed by atoms with Crippen molar-refractivity contribution in [2.45, 2.75) is 26.3 Å². The molecule has 1 heterocycles. The van der Waals surface area contributed by atoms with Crippen LogP contribution in [-0.4, -0.2) is 22.1 Å². The van der Waals surface area contributed by atoms with Crippen LogP contribution in [0.5, 0.6) is 0 Å². The zero-order valence-electron chi connectivity index (χ0n) is 10.6. The maximum absolute atomic E-state index is 12.0. The fourth-order valence-corrected chi connectivity index (χ4v) is 2.19. The molecule has 2 rings (SSSR count). The van der Waals surface area contributed by atoms with Crippen LogP contribution in [0.2, 0.25) is 0 Å². The van der Waals surface area contributed by atoms with Crippen LogP contribution in [0.1, 0.15) is 24.3 Å². The van der Waals surface area contributed by atoms with Gasteiger partial charge in [-0.25, -0.2) is 0 Å². The van der Waals surface area contributed by atoms with Gasteiger partial charge in [0.2, 0.25) is 5.91 Å². The molecule has 2 unspecified atom stereocenters. The number of amides is 1. The second-order valence-corrected chi connectivity index (χ2v) is 4.64. The van der Waals surface area contributed by atoms with Gasteiger partial charge in [0.25, 0.3) is 0 Å². The molecule has 2 atom stereocenters. The van der Waals surface area contributed by atoms with Crippen LogP contribution in [0, 0.1) is 18.8 Å². The van der Waals surface area contributed by atoms with Crippen molar-refractivity contribution in [3.63, 3.8) is 0 Å². The highest BCUT2D eigenvalue weighted by molar-refractivity contribution is 5.85. The van der Waals surface area contributed by atoms with Crippen molar-refractivity contribution >= 4 is 11.9 Å². The molecule has 1 amide bonds. The molecule has 102 valence electrons. The van der Waals surface area contributed by atoms with Crippen LogP contribution in [-0.2, 0) is 16.1 Å². The summed E-state index contributed by atoms with van der Waals surface area (Å²) in [5.74, 6) is -1.67. The second kappa shape index (κ2) is 5.69. The average molecular weight is 264 g/mol. The summed E-state index contributed by atoms with van der Waals surface area (Å²) in [7, 11) is 0. The lowest BCUT2D eigenvalue weighted by Crippen LogP contribution is -2.38. The highest BCUT2D eigenvalue weighted by Crippen LogP contribution is 2.26. The van der Waals surface area contributed by atoms with Crippen LogP contribution >= 0.6 is 0 Å². The molecule has 1 aromatic heterocycles. The quantitative estimate of drug-likeness (QED) is 0.799. The van der Waals surface area contributed by atoms with E-state index in [-0.39, 0.29) is 12.5 Å². The molecule has 0 aromatic carbocycles. The van der Waals surface area contributed by atoms with Crippen LogP contribution in [0.3, 0.4) is 0 Å². The number of carboxylic acids is 1. The number of aliphatic carboxylic acids is 1. The summed E-state index contributed by atoms with van der Waals surface area (Å²) in [5, 5.41) is 15.6. The van der Waals surface area contributed by atoms with E-state index in [4.69, 9.17) is 9.63 Å². The molecule has 0 aliphatic heterocycles. The summed E-state index contributed by atoms with van der Waals surface area (Å²) in [5.41, 5.74) is 0.629. The smallest absolute Gasteiger partial charge is 0.307 e. The SMILES string of the molecule is Cc1cc(CNC(=O)C2CC=CCC2C(=O)O)no1. The number of aryl methyl sites for hydroxylation is 1. The average Bonchev–Trinajstić information content (AvgIpc) is 2.81. The lowest BCUT2D eigenvalue weighted by molar-refractivity contribution is -0.147. The van der Waals surface area contributed by atoms with E-state index >= 15 is 0 Å². The molecule has 0 radical (unpaired) electrons. The molecular weight excluding hydrogens is 248 g/mol. The Morgan fingerprint density at radius 2 is 2.11 bits per heavy atom. The minimum atomic E-state index is -0.929. The Labute approximate surface area is 110 Å². The second-order valence-electron chi connectivity index (χ2n) is 4.64. The van der Waals surface area contributed by atoms with E-state index in [2.05, 4.69) is 10.5 Å². The number of carbonyl (C=O) groups is 2. The molecule has 0 saturated carbocycles. The van der Waals surface area contributed by atoms with Crippen LogP contribution in [0.15, 0.2) is 22.7 Å². The van der Waals surface area contributed by atoms with Crippen LogP contribution in [0.25, 0.3) is 0 Å². The van der Waals surface area contributed by atoms with Gasteiger partial charge in [-0.2, -0.15) is 0 Å². The first-order chi connectivity index (χ1) is 9.08. The molecule has 0 fully saturated rings. The molecule has 2 N–H and O–H groups in total. The van der Waals surface area contributed by atoms with Gasteiger partial charge < -0.3 is 14.9 Å². The van der Waals surface area contributed by atoms with Crippen molar-refractivity contribution < 1.29 is 19.2 Å². The zero-order valence-corrected chi connectivity index (χ0v) is 10.6. The summed E-state index contributed by atoms with van der Waals surface area (Å²) in [4.78, 5) is 23.1. The van der Waals surface area contributed by atoms with Crippen LogP contribution < -0.4 is 5.32 Å². The molecule has 1 aliphatic rings. The van der Waals surface area contributed by atoms with Crippen molar-refractivity contribution in [3.05, 3.63) is 29.7 Å². The van der Waals surface area contributed by atoms with E-state index in [0.29, 0.717) is 24.3 Å². The first-order valence-corrected chi connectivity index (χ1v) is 6.15. The van der Waals surface area contributed by atoms with Gasteiger partial charge in [-0.3, -0.25) is 9.59 Å². The lowest BCUT2D eigenvalue weighted by atomic mass is 9.82. The number of allylic oxidation sites excluding steroid dienone is 2. The molecule has 6 heteroatoms. The van der Waals surface area contributed by atoms with Gasteiger partial charge in [0, 0.05) is 6.07 Å². The molecule has 0 bridgehead atoms. The van der Waals surface area contributed by atoms with E-state index in [0.717, 1.165) is 0 Å². The van der Waals surface area contributed by atoms with E-state index < -0.39 is 17.8 Å². The highest BCUT2D eigenvalue weighted by atomic mass is 16.5. The molecule has 0 saturated heterocycles. The Balaban J connectivity index is 1.95. The van der Waals surface area contributed by atoms with Gasteiger partial charge >= 0.3 is 5.97 Å². The number of carboxylic acid groups (broad SMARTS) is 1. The van der Waals surface area contributed by atoms with Gasteiger partial charge in [-0.1, -0.05) is 17.3 Å². The van der Waals surface area contributed by atoms with Gasteiger partial charge in [-0.05, 0) is 19.8 Å². The fraction of sp³-hybridized carbons (Fsp3) is 0.462.